The molecule has 0 saturated heterocycles. The smallest absolute Gasteiger partial charge is 0.270 e. The van der Waals surface area contributed by atoms with E-state index in [1.807, 2.05) is 24.3 Å². The fourth-order valence-electron chi connectivity index (χ4n) is 2.87. The van der Waals surface area contributed by atoms with Crippen LogP contribution in [0.5, 0.6) is 0 Å². The zero-order valence-electron chi connectivity index (χ0n) is 13.9. The van der Waals surface area contributed by atoms with E-state index in [0.29, 0.717) is 5.69 Å². The van der Waals surface area contributed by atoms with Crippen LogP contribution in [0.4, 0.5) is 11.4 Å². The maximum atomic E-state index is 12.4. The number of carbonyl (C=O) groups is 1. The molecule has 0 spiro atoms. The average Bonchev–Trinajstić information content (AvgIpc) is 3.26. The summed E-state index contributed by atoms with van der Waals surface area (Å²) in [5.74, 6) is -0.424. The summed E-state index contributed by atoms with van der Waals surface area (Å²) in [6.45, 7) is 1.69. The van der Waals surface area contributed by atoms with Crippen LogP contribution in [0.25, 0.3) is 5.70 Å². The third-order valence-corrected chi connectivity index (χ3v) is 5.43. The molecule has 0 aromatic heterocycles. The van der Waals surface area contributed by atoms with Gasteiger partial charge in [-0.15, -0.1) is 0 Å². The number of fused-ring (bicyclic) bond motifs is 1. The summed E-state index contributed by atoms with van der Waals surface area (Å²) in [7, 11) is 0. The van der Waals surface area contributed by atoms with Crippen LogP contribution in [0.3, 0.4) is 0 Å². The summed E-state index contributed by atoms with van der Waals surface area (Å²) >= 11 is 7.62. The number of anilines is 1. The minimum Gasteiger partial charge on any atom is -0.322 e. The molecule has 2 heterocycles. The summed E-state index contributed by atoms with van der Waals surface area (Å²) < 4.78 is 0. The number of nitro groups is 1. The van der Waals surface area contributed by atoms with Crippen molar-refractivity contribution in [2.75, 3.05) is 18.4 Å². The Hall–Kier alpha value is -2.84. The van der Waals surface area contributed by atoms with Crippen molar-refractivity contribution in [3.8, 4) is 0 Å². The van der Waals surface area contributed by atoms with Gasteiger partial charge in [-0.05, 0) is 23.8 Å². The van der Waals surface area contributed by atoms with Gasteiger partial charge >= 0.3 is 0 Å². The van der Waals surface area contributed by atoms with Crippen LogP contribution in [-0.4, -0.2) is 34.0 Å². The molecule has 0 bridgehead atoms. The number of nitrogens with zero attached hydrogens (tertiary/aromatic N) is 3. The Morgan fingerprint density at radius 1 is 1.26 bits per heavy atom. The van der Waals surface area contributed by atoms with E-state index in [2.05, 4.69) is 20.6 Å². The van der Waals surface area contributed by atoms with Crippen molar-refractivity contribution in [2.45, 2.75) is 0 Å². The molecule has 0 atom stereocenters. The van der Waals surface area contributed by atoms with Gasteiger partial charge in [0.2, 0.25) is 0 Å². The molecule has 0 unspecified atom stereocenters. The Morgan fingerprint density at radius 3 is 2.74 bits per heavy atom. The van der Waals surface area contributed by atoms with Gasteiger partial charge in [-0.25, -0.2) is 0 Å². The van der Waals surface area contributed by atoms with Crippen molar-refractivity contribution in [1.82, 2.24) is 4.90 Å². The molecule has 27 heavy (non-hydrogen) atoms. The fraction of sp³-hybridized carbons (Fsp3) is 0.111. The van der Waals surface area contributed by atoms with Crippen LogP contribution in [-0.2, 0) is 0 Å². The highest BCUT2D eigenvalue weighted by Gasteiger charge is 2.27. The second-order valence-electron chi connectivity index (χ2n) is 5.89. The molecule has 1 amide bonds. The lowest BCUT2D eigenvalue weighted by Crippen LogP contribution is -2.19. The quantitative estimate of drug-likeness (QED) is 0.613. The highest BCUT2D eigenvalue weighted by atomic mass is 35.5. The third kappa shape index (κ3) is 3.41. The summed E-state index contributed by atoms with van der Waals surface area (Å²) in [5.41, 5.74) is 2.78. The monoisotopic (exact) mass is 400 g/mol. The Bertz CT molecular complexity index is 1000. The van der Waals surface area contributed by atoms with E-state index in [-0.39, 0.29) is 16.3 Å². The number of amidine groups is 1. The number of aliphatic imine (C=N–C) groups is 1. The highest BCUT2D eigenvalue weighted by molar-refractivity contribution is 8.16. The van der Waals surface area contributed by atoms with Crippen LogP contribution in [0.2, 0.25) is 5.02 Å². The third-order valence-electron chi connectivity index (χ3n) is 4.21. The number of halogens is 1. The van der Waals surface area contributed by atoms with Crippen molar-refractivity contribution >= 4 is 51.5 Å². The predicted octanol–water partition coefficient (Wildman–Crippen LogP) is 4.22. The first-order valence-corrected chi connectivity index (χ1v) is 9.33. The Labute approximate surface area is 163 Å². The van der Waals surface area contributed by atoms with Crippen molar-refractivity contribution in [2.24, 2.45) is 4.99 Å². The van der Waals surface area contributed by atoms with Gasteiger partial charge in [0, 0.05) is 29.8 Å². The lowest BCUT2D eigenvalue weighted by atomic mass is 10.1. The molecule has 136 valence electrons. The number of benzene rings is 2. The van der Waals surface area contributed by atoms with Gasteiger partial charge in [-0.2, -0.15) is 0 Å². The van der Waals surface area contributed by atoms with Gasteiger partial charge in [0.05, 0.1) is 27.8 Å². The van der Waals surface area contributed by atoms with Gasteiger partial charge < -0.3 is 10.2 Å². The number of amides is 1. The molecule has 7 nitrogen and oxygen atoms in total. The van der Waals surface area contributed by atoms with Gasteiger partial charge in [-0.3, -0.25) is 19.9 Å². The van der Waals surface area contributed by atoms with E-state index < -0.39 is 10.8 Å². The van der Waals surface area contributed by atoms with E-state index in [4.69, 9.17) is 11.6 Å². The lowest BCUT2D eigenvalue weighted by Gasteiger charge is -2.17. The van der Waals surface area contributed by atoms with E-state index in [0.717, 1.165) is 29.5 Å². The molecule has 2 aromatic carbocycles. The number of carbonyl (C=O) groups excluding carboxylic acids is 1. The first-order valence-electron chi connectivity index (χ1n) is 8.07. The molecular formula is C18H13ClN4O3S. The predicted molar refractivity (Wildman–Crippen MR) is 107 cm³/mol. The first kappa shape index (κ1) is 17.6. The molecule has 0 fully saturated rings. The van der Waals surface area contributed by atoms with Crippen LogP contribution in [0, 0.1) is 10.1 Å². The van der Waals surface area contributed by atoms with Crippen LogP contribution in [0.15, 0.2) is 52.9 Å². The SMILES string of the molecule is O=C(Nc1ccc(C2=CSC3=NCCN23)cc1)c1ccc([N+](=O)[O-])cc1Cl. The summed E-state index contributed by atoms with van der Waals surface area (Å²) in [6.07, 6.45) is 0. The molecule has 9 heteroatoms. The summed E-state index contributed by atoms with van der Waals surface area (Å²) in [4.78, 5) is 29.2. The average molecular weight is 401 g/mol. The number of non-ortho nitro benzene ring substituents is 1. The van der Waals surface area contributed by atoms with E-state index in [1.165, 1.54) is 18.2 Å². The van der Waals surface area contributed by atoms with Gasteiger partial charge in [0.15, 0.2) is 5.17 Å². The number of rotatable bonds is 4. The molecule has 4 rings (SSSR count). The van der Waals surface area contributed by atoms with Crippen LogP contribution >= 0.6 is 23.4 Å². The summed E-state index contributed by atoms with van der Waals surface area (Å²) in [6, 6.07) is 11.2. The normalized spacial score (nSPS) is 15.2. The second-order valence-corrected chi connectivity index (χ2v) is 7.13. The molecule has 0 radical (unpaired) electrons. The van der Waals surface area contributed by atoms with Gasteiger partial charge in [-0.1, -0.05) is 35.5 Å². The number of hydrogen-bond acceptors (Lipinski definition) is 6. The molecule has 2 aliphatic heterocycles. The van der Waals surface area contributed by atoms with Crippen molar-refractivity contribution < 1.29 is 9.72 Å². The number of thioether (sulfide) groups is 1. The number of nitro benzene ring substituents is 1. The first-order chi connectivity index (χ1) is 13.0. The van der Waals surface area contributed by atoms with Crippen molar-refractivity contribution in [3.63, 3.8) is 0 Å². The van der Waals surface area contributed by atoms with Crippen LogP contribution < -0.4 is 5.32 Å². The molecule has 2 aromatic rings. The second kappa shape index (κ2) is 7.05. The lowest BCUT2D eigenvalue weighted by molar-refractivity contribution is -0.384. The zero-order valence-corrected chi connectivity index (χ0v) is 15.5. The minimum atomic E-state index is -0.557. The Kier molecular flexibility index (Phi) is 4.59. The van der Waals surface area contributed by atoms with Gasteiger partial charge in [0.1, 0.15) is 0 Å². The van der Waals surface area contributed by atoms with Crippen molar-refractivity contribution in [3.05, 3.63) is 74.1 Å². The molecule has 0 saturated carbocycles. The summed E-state index contributed by atoms with van der Waals surface area (Å²) in [5, 5.41) is 16.7. The topological polar surface area (TPSA) is 87.8 Å². The largest absolute Gasteiger partial charge is 0.322 e. The highest BCUT2D eigenvalue weighted by Crippen LogP contribution is 2.35. The molecule has 0 aliphatic carbocycles. The molecular weight excluding hydrogens is 388 g/mol. The Balaban J connectivity index is 1.48. The number of hydrogen-bond donors (Lipinski definition) is 1. The molecule has 2 aliphatic rings. The van der Waals surface area contributed by atoms with Crippen molar-refractivity contribution in [1.29, 1.82) is 0 Å². The Morgan fingerprint density at radius 2 is 2.04 bits per heavy atom. The van der Waals surface area contributed by atoms with E-state index >= 15 is 0 Å². The van der Waals surface area contributed by atoms with E-state index in [1.54, 1.807) is 11.8 Å². The fourth-order valence-corrected chi connectivity index (χ4v) is 4.10. The van der Waals surface area contributed by atoms with Gasteiger partial charge in [0.25, 0.3) is 11.6 Å². The zero-order chi connectivity index (χ0) is 19.0. The minimum absolute atomic E-state index is 0.0345. The maximum Gasteiger partial charge on any atom is 0.270 e. The molecule has 1 N–H and O–H groups in total. The van der Waals surface area contributed by atoms with Crippen LogP contribution in [0.1, 0.15) is 15.9 Å². The number of nitrogens with one attached hydrogen (secondary N) is 1. The standard InChI is InChI=1S/C18H13ClN4O3S/c19-15-9-13(23(25)26)5-6-14(15)17(24)21-12-3-1-11(2-4-12)16-10-27-18-20-7-8-22(16)18/h1-6,9-10H,7-8H2,(H,21,24). The maximum absolute atomic E-state index is 12.4. The van der Waals surface area contributed by atoms with E-state index in [9.17, 15) is 14.9 Å².